The van der Waals surface area contributed by atoms with Crippen molar-refractivity contribution in [1.29, 1.82) is 0 Å². The number of ether oxygens (including phenoxy) is 1. The van der Waals surface area contributed by atoms with Gasteiger partial charge in [-0.3, -0.25) is 9.59 Å². The van der Waals surface area contributed by atoms with Crippen LogP contribution in [0.15, 0.2) is 36.5 Å². The van der Waals surface area contributed by atoms with Crippen molar-refractivity contribution in [2.24, 2.45) is 0 Å². The Morgan fingerprint density at radius 1 is 0.452 bits per heavy atom. The van der Waals surface area contributed by atoms with Crippen LogP contribution in [0, 0.1) is 0 Å². The quantitative estimate of drug-likeness (QED) is 0.0321. The number of aliphatic hydroxyl groups is 2. The van der Waals surface area contributed by atoms with E-state index in [1.54, 1.807) is 6.08 Å². The molecule has 6 nitrogen and oxygen atoms in total. The number of carbonyl (C=O) groups excluding carboxylic acids is 2. The lowest BCUT2D eigenvalue weighted by Gasteiger charge is -2.19. The van der Waals surface area contributed by atoms with Crippen molar-refractivity contribution in [1.82, 2.24) is 5.32 Å². The first-order valence-electron chi connectivity index (χ1n) is 27.3. The zero-order valence-electron chi connectivity index (χ0n) is 41.4. The minimum Gasteiger partial charge on any atom is -0.466 e. The number of aliphatic hydroxyl groups excluding tert-OH is 2. The van der Waals surface area contributed by atoms with Gasteiger partial charge in [0, 0.05) is 12.8 Å². The number of hydrogen-bond donors (Lipinski definition) is 3. The van der Waals surface area contributed by atoms with E-state index in [0.29, 0.717) is 25.9 Å². The second kappa shape index (κ2) is 51.7. The topological polar surface area (TPSA) is 95.9 Å². The highest BCUT2D eigenvalue weighted by molar-refractivity contribution is 5.76. The monoisotopic (exact) mass is 872 g/mol. The molecule has 364 valence electrons. The first-order valence-corrected chi connectivity index (χ1v) is 27.3. The minimum absolute atomic E-state index is 0.0158. The minimum atomic E-state index is -0.879. The summed E-state index contributed by atoms with van der Waals surface area (Å²) >= 11 is 0. The molecule has 1 amide bonds. The van der Waals surface area contributed by atoms with Crippen LogP contribution in [0.1, 0.15) is 284 Å². The number of nitrogens with one attached hydrogen (secondary N) is 1. The molecule has 62 heavy (non-hydrogen) atoms. The van der Waals surface area contributed by atoms with Crippen LogP contribution < -0.4 is 5.32 Å². The van der Waals surface area contributed by atoms with Crippen molar-refractivity contribution < 1.29 is 24.5 Å². The molecule has 6 heteroatoms. The summed E-state index contributed by atoms with van der Waals surface area (Å²) in [5.74, 6) is -0.163. The lowest BCUT2D eigenvalue weighted by Crippen LogP contribution is -2.45. The second-order valence-electron chi connectivity index (χ2n) is 18.6. The Hall–Kier alpha value is -1.92. The maximum Gasteiger partial charge on any atom is 0.305 e. The third-order valence-electron chi connectivity index (χ3n) is 12.4. The smallest absolute Gasteiger partial charge is 0.305 e. The Morgan fingerprint density at radius 3 is 1.26 bits per heavy atom. The van der Waals surface area contributed by atoms with Crippen molar-refractivity contribution in [3.63, 3.8) is 0 Å². The fourth-order valence-corrected chi connectivity index (χ4v) is 8.21. The molecule has 0 aliphatic carbocycles. The van der Waals surface area contributed by atoms with Crippen LogP contribution in [0.2, 0.25) is 0 Å². The Bertz CT molecular complexity index is 1010. The molecule has 0 fully saturated rings. The van der Waals surface area contributed by atoms with Crippen LogP contribution in [0.4, 0.5) is 0 Å². The number of hydrogen-bond acceptors (Lipinski definition) is 5. The van der Waals surface area contributed by atoms with Gasteiger partial charge in [-0.05, 0) is 51.4 Å². The average molecular weight is 872 g/mol. The highest BCUT2D eigenvalue weighted by atomic mass is 16.5. The van der Waals surface area contributed by atoms with Crippen LogP contribution in [-0.4, -0.2) is 47.4 Å². The molecule has 0 aliphatic heterocycles. The molecule has 0 saturated heterocycles. The molecule has 0 aromatic carbocycles. The van der Waals surface area contributed by atoms with Gasteiger partial charge in [0.1, 0.15) is 0 Å². The van der Waals surface area contributed by atoms with Gasteiger partial charge in [-0.25, -0.2) is 0 Å². The highest BCUT2D eigenvalue weighted by Crippen LogP contribution is 2.16. The molecule has 3 N–H and O–H groups in total. The maximum atomic E-state index is 12.4. The maximum absolute atomic E-state index is 12.4. The number of amides is 1. The van der Waals surface area contributed by atoms with E-state index in [1.807, 2.05) is 12.2 Å². The van der Waals surface area contributed by atoms with E-state index in [2.05, 4.69) is 37.4 Å². The van der Waals surface area contributed by atoms with Crippen LogP contribution in [0.5, 0.6) is 0 Å². The molecular weight excluding hydrogens is 767 g/mol. The average Bonchev–Trinajstić information content (AvgIpc) is 3.27. The second-order valence-corrected chi connectivity index (χ2v) is 18.6. The zero-order chi connectivity index (χ0) is 45.1. The molecule has 0 radical (unpaired) electrons. The molecular formula is C56H105NO5. The summed E-state index contributed by atoms with van der Waals surface area (Å²) in [5.41, 5.74) is 0. The summed E-state index contributed by atoms with van der Waals surface area (Å²) < 4.78 is 5.46. The van der Waals surface area contributed by atoms with E-state index in [9.17, 15) is 19.8 Å². The summed E-state index contributed by atoms with van der Waals surface area (Å²) in [6.45, 7) is 4.85. The van der Waals surface area contributed by atoms with E-state index in [4.69, 9.17) is 4.74 Å². The summed E-state index contributed by atoms with van der Waals surface area (Å²) in [6, 6.07) is -0.672. The van der Waals surface area contributed by atoms with Crippen LogP contribution in [0.25, 0.3) is 0 Å². The van der Waals surface area contributed by atoms with E-state index in [-0.39, 0.29) is 18.5 Å². The molecule has 2 unspecified atom stereocenters. The SMILES string of the molecule is CCCCCCCCCCCCCCCCC/C=C/C(O)C(CO)NC(=O)CC/C=C\C/C=C\CCCCCCCCOC(=O)CCCCCCCCCCCCCCCCC. The van der Waals surface area contributed by atoms with Crippen molar-refractivity contribution >= 4 is 11.9 Å². The summed E-state index contributed by atoms with van der Waals surface area (Å²) in [7, 11) is 0. The van der Waals surface area contributed by atoms with Crippen LogP contribution >= 0.6 is 0 Å². The molecule has 0 saturated carbocycles. The number of carbonyl (C=O) groups is 2. The number of allylic oxidation sites excluding steroid dienone is 5. The Balaban J connectivity index is 3.57. The van der Waals surface area contributed by atoms with Gasteiger partial charge in [0.15, 0.2) is 0 Å². The van der Waals surface area contributed by atoms with Gasteiger partial charge in [0.05, 0.1) is 25.4 Å². The van der Waals surface area contributed by atoms with Crippen LogP contribution in [-0.2, 0) is 14.3 Å². The third-order valence-corrected chi connectivity index (χ3v) is 12.4. The Morgan fingerprint density at radius 2 is 0.823 bits per heavy atom. The normalized spacial score (nSPS) is 12.9. The van der Waals surface area contributed by atoms with Crippen molar-refractivity contribution in [3.05, 3.63) is 36.5 Å². The summed E-state index contributed by atoms with van der Waals surface area (Å²) in [6.07, 6.45) is 63.1. The summed E-state index contributed by atoms with van der Waals surface area (Å²) in [5, 5.41) is 23.0. The molecule has 0 spiro atoms. The van der Waals surface area contributed by atoms with Gasteiger partial charge in [-0.15, -0.1) is 0 Å². The zero-order valence-corrected chi connectivity index (χ0v) is 41.4. The van der Waals surface area contributed by atoms with Gasteiger partial charge in [0.25, 0.3) is 0 Å². The summed E-state index contributed by atoms with van der Waals surface area (Å²) in [4.78, 5) is 24.4. The van der Waals surface area contributed by atoms with Gasteiger partial charge in [-0.1, -0.05) is 256 Å². The molecule has 0 heterocycles. The van der Waals surface area contributed by atoms with Gasteiger partial charge >= 0.3 is 5.97 Å². The molecule has 0 bridgehead atoms. The first-order chi connectivity index (χ1) is 30.5. The van der Waals surface area contributed by atoms with Gasteiger partial charge < -0.3 is 20.3 Å². The van der Waals surface area contributed by atoms with Gasteiger partial charge in [-0.2, -0.15) is 0 Å². The molecule has 0 aromatic rings. The predicted molar refractivity (Wildman–Crippen MR) is 269 cm³/mol. The van der Waals surface area contributed by atoms with Crippen molar-refractivity contribution in [2.75, 3.05) is 13.2 Å². The van der Waals surface area contributed by atoms with Crippen molar-refractivity contribution in [2.45, 2.75) is 296 Å². The Kier molecular flexibility index (Phi) is 50.1. The van der Waals surface area contributed by atoms with E-state index in [1.165, 1.54) is 199 Å². The lowest BCUT2D eigenvalue weighted by atomic mass is 10.0. The fourth-order valence-electron chi connectivity index (χ4n) is 8.21. The predicted octanol–water partition coefficient (Wildman–Crippen LogP) is 16.5. The third kappa shape index (κ3) is 47.6. The highest BCUT2D eigenvalue weighted by Gasteiger charge is 2.17. The van der Waals surface area contributed by atoms with E-state index >= 15 is 0 Å². The molecule has 0 rings (SSSR count). The molecule has 0 aromatic heterocycles. The number of esters is 1. The van der Waals surface area contributed by atoms with Gasteiger partial charge in [0.2, 0.25) is 5.91 Å². The van der Waals surface area contributed by atoms with E-state index < -0.39 is 12.1 Å². The Labute approximate surface area is 385 Å². The largest absolute Gasteiger partial charge is 0.466 e. The lowest BCUT2D eigenvalue weighted by molar-refractivity contribution is -0.143. The number of rotatable bonds is 50. The standard InChI is InChI=1S/C56H105NO5/c1-3-5-7-9-11-13-15-17-19-20-22-24-28-32-36-40-44-48-54(59)53(52-58)57-55(60)49-45-41-37-33-29-25-23-27-31-35-39-43-47-51-62-56(61)50-46-42-38-34-30-26-21-18-16-14-12-10-8-6-4-2/h25,29,37,41,44,48,53-54,58-59H,3-24,26-28,30-36,38-40,42-43,45-47,49-52H2,1-2H3,(H,57,60)/b29-25-,41-37-,48-44+. The fraction of sp³-hybridized carbons (Fsp3) is 0.857. The number of unbranched alkanes of at least 4 members (excludes halogenated alkanes) is 35. The van der Waals surface area contributed by atoms with Crippen molar-refractivity contribution in [3.8, 4) is 0 Å². The molecule has 0 aliphatic rings. The first kappa shape index (κ1) is 60.1. The molecule has 2 atom stereocenters. The van der Waals surface area contributed by atoms with E-state index in [0.717, 1.165) is 51.4 Å². The van der Waals surface area contributed by atoms with Crippen LogP contribution in [0.3, 0.4) is 0 Å².